The second-order valence-corrected chi connectivity index (χ2v) is 3.97. The van der Waals surface area contributed by atoms with Crippen molar-refractivity contribution in [2.24, 2.45) is 0 Å². The van der Waals surface area contributed by atoms with Gasteiger partial charge >= 0.3 is 0 Å². The molecule has 90 valence electrons. The Morgan fingerprint density at radius 2 is 2.31 bits per heavy atom. The number of aryl methyl sites for hydroxylation is 1. The summed E-state index contributed by atoms with van der Waals surface area (Å²) in [7, 11) is 3.48. The van der Waals surface area contributed by atoms with Gasteiger partial charge < -0.3 is 10.2 Å². The molecule has 0 fully saturated rings. The highest BCUT2D eigenvalue weighted by Crippen LogP contribution is 2.09. The molecule has 0 aromatic carbocycles. The molecule has 0 saturated heterocycles. The van der Waals surface area contributed by atoms with Crippen LogP contribution in [0.4, 0.5) is 0 Å². The van der Waals surface area contributed by atoms with Crippen LogP contribution in [-0.4, -0.2) is 41.2 Å². The maximum atomic E-state index is 11.7. The maximum Gasteiger partial charge on any atom is 0.273 e. The Balaban J connectivity index is 0.00000128. The van der Waals surface area contributed by atoms with Crippen LogP contribution in [0.5, 0.6) is 0 Å². The fourth-order valence-corrected chi connectivity index (χ4v) is 1.70. The molecule has 1 aliphatic heterocycles. The van der Waals surface area contributed by atoms with E-state index in [0.717, 1.165) is 31.7 Å². The van der Waals surface area contributed by atoms with Crippen molar-refractivity contribution in [3.05, 3.63) is 17.5 Å². The number of carbonyl (C=O) groups is 1. The lowest BCUT2D eigenvalue weighted by atomic mass is 10.3. The zero-order valence-corrected chi connectivity index (χ0v) is 10.4. The van der Waals surface area contributed by atoms with Crippen molar-refractivity contribution in [3.8, 4) is 0 Å². The van der Waals surface area contributed by atoms with Gasteiger partial charge in [-0.2, -0.15) is 5.10 Å². The molecule has 2 rings (SSSR count). The lowest BCUT2D eigenvalue weighted by Crippen LogP contribution is -2.22. The molecule has 0 aliphatic carbocycles. The summed E-state index contributed by atoms with van der Waals surface area (Å²) in [5, 5.41) is 7.62. The quantitative estimate of drug-likeness (QED) is 0.783. The molecule has 1 N–H and O–H groups in total. The third kappa shape index (κ3) is 2.54. The van der Waals surface area contributed by atoms with Gasteiger partial charge in [0.15, 0.2) is 5.69 Å². The first kappa shape index (κ1) is 13.0. The SMILES string of the molecule is CN(C)C(=O)c1cc2n(n1)CCCNC2.Cl. The number of halogens is 1. The van der Waals surface area contributed by atoms with Gasteiger partial charge in [0.2, 0.25) is 0 Å². The third-order valence-electron chi connectivity index (χ3n) is 2.52. The summed E-state index contributed by atoms with van der Waals surface area (Å²) in [6.45, 7) is 2.71. The van der Waals surface area contributed by atoms with Crippen molar-refractivity contribution in [2.75, 3.05) is 20.6 Å². The minimum atomic E-state index is -0.0319. The van der Waals surface area contributed by atoms with Gasteiger partial charge in [0.25, 0.3) is 5.91 Å². The Morgan fingerprint density at radius 1 is 1.56 bits per heavy atom. The van der Waals surface area contributed by atoms with Crippen LogP contribution in [0.2, 0.25) is 0 Å². The van der Waals surface area contributed by atoms with Gasteiger partial charge in [0, 0.05) is 27.2 Å². The summed E-state index contributed by atoms with van der Waals surface area (Å²) in [6.07, 6.45) is 1.06. The molecule has 0 spiro atoms. The van der Waals surface area contributed by atoms with Crippen molar-refractivity contribution in [1.29, 1.82) is 0 Å². The first-order valence-corrected chi connectivity index (χ1v) is 5.17. The molecule has 0 bridgehead atoms. The lowest BCUT2D eigenvalue weighted by molar-refractivity contribution is 0.0821. The van der Waals surface area contributed by atoms with E-state index in [9.17, 15) is 4.79 Å². The van der Waals surface area contributed by atoms with Crippen LogP contribution in [0.15, 0.2) is 6.07 Å². The van der Waals surface area contributed by atoms with E-state index in [4.69, 9.17) is 0 Å². The van der Waals surface area contributed by atoms with Gasteiger partial charge in [-0.3, -0.25) is 9.48 Å². The number of fused-ring (bicyclic) bond motifs is 1. The van der Waals surface area contributed by atoms with E-state index in [1.165, 1.54) is 0 Å². The van der Waals surface area contributed by atoms with Gasteiger partial charge in [-0.15, -0.1) is 12.4 Å². The Morgan fingerprint density at radius 3 is 3.00 bits per heavy atom. The van der Waals surface area contributed by atoms with E-state index < -0.39 is 0 Å². The van der Waals surface area contributed by atoms with Crippen molar-refractivity contribution < 1.29 is 4.79 Å². The van der Waals surface area contributed by atoms with Crippen LogP contribution in [0.3, 0.4) is 0 Å². The fraction of sp³-hybridized carbons (Fsp3) is 0.600. The zero-order chi connectivity index (χ0) is 10.8. The molecule has 1 aromatic rings. The number of hydrogen-bond donors (Lipinski definition) is 1. The average molecular weight is 245 g/mol. The number of nitrogens with zero attached hydrogens (tertiary/aromatic N) is 3. The molecule has 0 saturated carbocycles. The number of aromatic nitrogens is 2. The van der Waals surface area contributed by atoms with E-state index in [2.05, 4.69) is 10.4 Å². The predicted octanol–water partition coefficient (Wildman–Crippen LogP) is 0.500. The van der Waals surface area contributed by atoms with Gasteiger partial charge in [-0.25, -0.2) is 0 Å². The molecule has 1 aliphatic rings. The molecule has 0 radical (unpaired) electrons. The number of nitrogens with one attached hydrogen (secondary N) is 1. The van der Waals surface area contributed by atoms with Gasteiger partial charge in [-0.1, -0.05) is 0 Å². The van der Waals surface area contributed by atoms with Crippen LogP contribution in [-0.2, 0) is 13.1 Å². The number of carbonyl (C=O) groups excluding carboxylic acids is 1. The second-order valence-electron chi connectivity index (χ2n) is 3.97. The van der Waals surface area contributed by atoms with Crippen molar-refractivity contribution in [2.45, 2.75) is 19.5 Å². The number of hydrogen-bond acceptors (Lipinski definition) is 3. The Kier molecular flexibility index (Phi) is 4.32. The van der Waals surface area contributed by atoms with Crippen LogP contribution < -0.4 is 5.32 Å². The first-order valence-electron chi connectivity index (χ1n) is 5.17. The summed E-state index contributed by atoms with van der Waals surface area (Å²) in [5.41, 5.74) is 1.64. The Hall–Kier alpha value is -1.07. The Labute approximate surface area is 101 Å². The molecule has 5 nitrogen and oxygen atoms in total. The van der Waals surface area contributed by atoms with E-state index in [1.54, 1.807) is 19.0 Å². The van der Waals surface area contributed by atoms with E-state index in [-0.39, 0.29) is 18.3 Å². The standard InChI is InChI=1S/C10H16N4O.ClH/c1-13(2)10(15)9-6-8-7-11-4-3-5-14(8)12-9;/h6,11H,3-5,7H2,1-2H3;1H. The van der Waals surface area contributed by atoms with Crippen LogP contribution in [0, 0.1) is 0 Å². The number of rotatable bonds is 1. The van der Waals surface area contributed by atoms with Crippen molar-refractivity contribution >= 4 is 18.3 Å². The predicted molar refractivity (Wildman–Crippen MR) is 63.8 cm³/mol. The van der Waals surface area contributed by atoms with E-state index in [0.29, 0.717) is 5.69 Å². The topological polar surface area (TPSA) is 50.2 Å². The summed E-state index contributed by atoms with van der Waals surface area (Å²) >= 11 is 0. The molecule has 1 amide bonds. The third-order valence-corrected chi connectivity index (χ3v) is 2.52. The van der Waals surface area contributed by atoms with Crippen molar-refractivity contribution in [3.63, 3.8) is 0 Å². The van der Waals surface area contributed by atoms with Crippen LogP contribution in [0.25, 0.3) is 0 Å². The highest BCUT2D eigenvalue weighted by atomic mass is 35.5. The maximum absolute atomic E-state index is 11.7. The molecule has 0 atom stereocenters. The van der Waals surface area contributed by atoms with Gasteiger partial charge in [-0.05, 0) is 19.0 Å². The molecular formula is C10H17ClN4O. The summed E-state index contributed by atoms with van der Waals surface area (Å²) in [5.74, 6) is -0.0319. The summed E-state index contributed by atoms with van der Waals surface area (Å²) in [6, 6.07) is 1.88. The highest BCUT2D eigenvalue weighted by Gasteiger charge is 2.16. The zero-order valence-electron chi connectivity index (χ0n) is 9.56. The minimum Gasteiger partial charge on any atom is -0.343 e. The lowest BCUT2D eigenvalue weighted by Gasteiger charge is -2.06. The fourth-order valence-electron chi connectivity index (χ4n) is 1.70. The molecule has 1 aromatic heterocycles. The van der Waals surface area contributed by atoms with Gasteiger partial charge in [0.1, 0.15) is 0 Å². The normalized spacial score (nSPS) is 14.6. The molecule has 0 unspecified atom stereocenters. The average Bonchev–Trinajstić information content (AvgIpc) is 2.49. The van der Waals surface area contributed by atoms with E-state index >= 15 is 0 Å². The molecular weight excluding hydrogens is 228 g/mol. The minimum absolute atomic E-state index is 0. The van der Waals surface area contributed by atoms with Crippen molar-refractivity contribution in [1.82, 2.24) is 20.0 Å². The monoisotopic (exact) mass is 244 g/mol. The van der Waals surface area contributed by atoms with Crippen LogP contribution >= 0.6 is 12.4 Å². The number of amides is 1. The molecule has 16 heavy (non-hydrogen) atoms. The van der Waals surface area contributed by atoms with Gasteiger partial charge in [0.05, 0.1) is 5.69 Å². The summed E-state index contributed by atoms with van der Waals surface area (Å²) < 4.78 is 1.93. The first-order chi connectivity index (χ1) is 7.18. The molecule has 2 heterocycles. The smallest absolute Gasteiger partial charge is 0.273 e. The highest BCUT2D eigenvalue weighted by molar-refractivity contribution is 5.92. The Bertz CT molecular complexity index is 351. The summed E-state index contributed by atoms with van der Waals surface area (Å²) in [4.78, 5) is 13.2. The van der Waals surface area contributed by atoms with Crippen LogP contribution in [0.1, 0.15) is 22.6 Å². The van der Waals surface area contributed by atoms with E-state index in [1.807, 2.05) is 10.7 Å². The largest absolute Gasteiger partial charge is 0.343 e. The second kappa shape index (κ2) is 5.32. The molecule has 6 heteroatoms.